The monoisotopic (exact) mass is 920 g/mol. The summed E-state index contributed by atoms with van der Waals surface area (Å²) in [4.78, 5) is 21.9. The molecule has 0 unspecified atom stereocenters. The van der Waals surface area contributed by atoms with Crippen molar-refractivity contribution < 1.29 is 40.2 Å². The minimum atomic E-state index is -0.934. The minimum Gasteiger partial charge on any atom is -0.550 e. The van der Waals surface area contributed by atoms with Crippen molar-refractivity contribution in [1.29, 1.82) is 0 Å². The summed E-state index contributed by atoms with van der Waals surface area (Å²) in [5.74, 6) is 3.99. The van der Waals surface area contributed by atoms with Crippen molar-refractivity contribution in [3.63, 3.8) is 0 Å². The molecular formula is C48H78BaO8. The number of carboxylic acids is 2. The summed E-state index contributed by atoms with van der Waals surface area (Å²) in [5, 5.41) is 64.7. The zero-order valence-electron chi connectivity index (χ0n) is 36.5. The van der Waals surface area contributed by atoms with E-state index in [1.807, 2.05) is 0 Å². The Labute approximate surface area is 385 Å². The van der Waals surface area contributed by atoms with E-state index in [0.29, 0.717) is 83.9 Å². The maximum Gasteiger partial charge on any atom is 2.00 e. The van der Waals surface area contributed by atoms with E-state index in [1.165, 1.54) is 51.4 Å². The van der Waals surface area contributed by atoms with Crippen LogP contribution in [0.3, 0.4) is 0 Å². The van der Waals surface area contributed by atoms with Crippen LogP contribution in [0.5, 0.6) is 0 Å². The van der Waals surface area contributed by atoms with Gasteiger partial charge in [-0.05, 0) is 221 Å². The summed E-state index contributed by atoms with van der Waals surface area (Å²) in [5.41, 5.74) is 0.988. The second-order valence-corrected chi connectivity index (χ2v) is 22.7. The molecule has 0 spiro atoms. The van der Waals surface area contributed by atoms with Gasteiger partial charge in [-0.15, -0.1) is 0 Å². The van der Waals surface area contributed by atoms with Crippen LogP contribution in [0.1, 0.15) is 170 Å². The summed E-state index contributed by atoms with van der Waals surface area (Å²) in [6.07, 6.45) is 17.8. The molecule has 20 atom stereocenters. The van der Waals surface area contributed by atoms with E-state index < -0.39 is 11.9 Å². The van der Waals surface area contributed by atoms with Crippen LogP contribution in [-0.2, 0) is 9.59 Å². The maximum absolute atomic E-state index is 11.2. The molecule has 0 aromatic rings. The van der Waals surface area contributed by atoms with E-state index >= 15 is 0 Å². The van der Waals surface area contributed by atoms with Gasteiger partial charge in [0.15, 0.2) is 0 Å². The standard InChI is InChI=1S/2C24H40O4.Ba/c2*1-14(4-7-21(27)28)17-5-6-18-22-19(9-11-24(17,18)3)23(2)10-8-16(25)12-15(23)13-20(22)26;/h2*14-20,22,25-26H,4-13H2,1-3H3,(H,27,28);/q;;+2/p-2/t2*14-,15+,16-,17-,18+,19+,20+,22+,23+,24-;/m11./s1. The molecular weight excluding hydrogens is 842 g/mol. The van der Waals surface area contributed by atoms with E-state index in [1.54, 1.807) is 0 Å². The Morgan fingerprint density at radius 2 is 0.860 bits per heavy atom. The zero-order valence-corrected chi connectivity index (χ0v) is 40.9. The van der Waals surface area contributed by atoms with Gasteiger partial charge in [0.05, 0.1) is 24.4 Å². The van der Waals surface area contributed by atoms with Gasteiger partial charge in [0.1, 0.15) is 0 Å². The molecule has 8 rings (SSSR count). The van der Waals surface area contributed by atoms with Gasteiger partial charge in [0.25, 0.3) is 0 Å². The van der Waals surface area contributed by atoms with Crippen molar-refractivity contribution >= 4 is 60.8 Å². The van der Waals surface area contributed by atoms with Gasteiger partial charge in [0.2, 0.25) is 0 Å². The van der Waals surface area contributed by atoms with Crippen LogP contribution in [0.15, 0.2) is 0 Å². The van der Waals surface area contributed by atoms with Crippen LogP contribution >= 0.6 is 0 Å². The SMILES string of the molecule is C[C@H](CCC(=O)[O-])[C@H]1CC[C@H]2[C@@H]3[C@@H](O)C[C@@H]4C[C@H](O)CC[C@]4(C)[C@H]3CC[C@]12C.C[C@H](CCC(=O)[O-])[C@H]1CC[C@H]2[C@@H]3[C@@H](O)C[C@@H]4C[C@H](O)CC[C@]4(C)[C@H]3CC[C@]12C.[Ba+2]. The first-order valence-electron chi connectivity index (χ1n) is 23.4. The van der Waals surface area contributed by atoms with Crippen LogP contribution < -0.4 is 10.2 Å². The molecule has 8 aliphatic rings. The van der Waals surface area contributed by atoms with Crippen LogP contribution in [0, 0.1) is 92.7 Å². The molecule has 4 N–H and O–H groups in total. The second-order valence-electron chi connectivity index (χ2n) is 22.7. The Morgan fingerprint density at radius 3 is 1.21 bits per heavy atom. The van der Waals surface area contributed by atoms with Crippen LogP contribution in [0.2, 0.25) is 0 Å². The van der Waals surface area contributed by atoms with E-state index in [9.17, 15) is 40.2 Å². The number of aliphatic hydroxyl groups excluding tert-OH is 4. The normalized spacial score (nSPS) is 50.8. The summed E-state index contributed by atoms with van der Waals surface area (Å²) < 4.78 is 0. The molecule has 0 aromatic heterocycles. The number of hydrogen-bond donors (Lipinski definition) is 4. The third-order valence-electron chi connectivity index (χ3n) is 20.4. The van der Waals surface area contributed by atoms with Crippen molar-refractivity contribution in [1.82, 2.24) is 0 Å². The molecule has 9 heteroatoms. The number of fused-ring (bicyclic) bond motifs is 10. The van der Waals surface area contributed by atoms with Crippen molar-refractivity contribution in [3.8, 4) is 0 Å². The van der Waals surface area contributed by atoms with Gasteiger partial charge in [-0.2, -0.15) is 0 Å². The summed E-state index contributed by atoms with van der Waals surface area (Å²) in [6, 6.07) is 0. The van der Waals surface area contributed by atoms with Gasteiger partial charge in [-0.25, -0.2) is 0 Å². The number of carboxylic acid groups (broad SMARTS) is 2. The molecule has 8 fully saturated rings. The van der Waals surface area contributed by atoms with Gasteiger partial charge >= 0.3 is 48.9 Å². The predicted octanol–water partition coefficient (Wildman–Crippen LogP) is 5.91. The molecule has 0 bridgehead atoms. The van der Waals surface area contributed by atoms with Crippen LogP contribution in [0.4, 0.5) is 0 Å². The number of carbonyl (C=O) groups is 2. The van der Waals surface area contributed by atoms with Gasteiger partial charge in [-0.1, -0.05) is 41.5 Å². The van der Waals surface area contributed by atoms with E-state index in [-0.39, 0.29) is 108 Å². The first-order chi connectivity index (χ1) is 26.3. The van der Waals surface area contributed by atoms with Crippen molar-refractivity contribution in [2.24, 2.45) is 92.7 Å². The number of rotatable bonds is 8. The molecule has 0 radical (unpaired) electrons. The molecule has 0 aromatic carbocycles. The molecule has 0 aliphatic heterocycles. The molecule has 0 saturated heterocycles. The van der Waals surface area contributed by atoms with E-state index in [4.69, 9.17) is 0 Å². The smallest absolute Gasteiger partial charge is 0.550 e. The average molecular weight is 920 g/mol. The Kier molecular flexibility index (Phi) is 14.7. The second kappa shape index (κ2) is 17.8. The van der Waals surface area contributed by atoms with Crippen molar-refractivity contribution in [2.75, 3.05) is 0 Å². The fourth-order valence-corrected chi connectivity index (χ4v) is 17.4. The zero-order chi connectivity index (χ0) is 40.5. The Balaban J connectivity index is 0.000000189. The number of carbonyl (C=O) groups excluding carboxylic acids is 2. The summed E-state index contributed by atoms with van der Waals surface area (Å²) >= 11 is 0. The maximum atomic E-state index is 11.2. The molecule has 320 valence electrons. The Bertz CT molecular complexity index is 1320. The van der Waals surface area contributed by atoms with Gasteiger partial charge in [0, 0.05) is 11.9 Å². The Hall–Kier alpha value is 0.351. The molecule has 0 heterocycles. The molecule has 8 nitrogen and oxygen atoms in total. The third-order valence-corrected chi connectivity index (χ3v) is 20.4. The molecule has 8 aliphatic carbocycles. The number of hydrogen-bond acceptors (Lipinski definition) is 8. The van der Waals surface area contributed by atoms with Crippen molar-refractivity contribution in [3.05, 3.63) is 0 Å². The van der Waals surface area contributed by atoms with Gasteiger partial charge in [-0.3, -0.25) is 0 Å². The van der Waals surface area contributed by atoms with Crippen LogP contribution in [0.25, 0.3) is 0 Å². The summed E-state index contributed by atoms with van der Waals surface area (Å²) in [7, 11) is 0. The quantitative estimate of drug-likeness (QED) is 0.219. The first kappa shape index (κ1) is 46.8. The number of aliphatic hydroxyl groups is 4. The van der Waals surface area contributed by atoms with E-state index in [0.717, 1.165) is 51.4 Å². The van der Waals surface area contributed by atoms with E-state index in [2.05, 4.69) is 41.5 Å². The fourth-order valence-electron chi connectivity index (χ4n) is 17.4. The average Bonchev–Trinajstić information content (AvgIpc) is 3.68. The topological polar surface area (TPSA) is 161 Å². The Morgan fingerprint density at radius 1 is 0.526 bits per heavy atom. The summed E-state index contributed by atoms with van der Waals surface area (Å²) in [6.45, 7) is 14.2. The third kappa shape index (κ3) is 8.45. The van der Waals surface area contributed by atoms with Crippen LogP contribution in [-0.4, -0.2) is 106 Å². The predicted molar refractivity (Wildman–Crippen MR) is 218 cm³/mol. The minimum absolute atomic E-state index is 0. The first-order valence-corrected chi connectivity index (χ1v) is 23.4. The largest absolute Gasteiger partial charge is 2.00 e. The fraction of sp³-hybridized carbons (Fsp3) is 0.958. The van der Waals surface area contributed by atoms with Crippen molar-refractivity contribution in [2.45, 2.75) is 194 Å². The molecule has 0 amide bonds. The van der Waals surface area contributed by atoms with Gasteiger partial charge < -0.3 is 40.2 Å². The number of aliphatic carboxylic acids is 2. The molecule has 57 heavy (non-hydrogen) atoms. The molecule has 8 saturated carbocycles.